The van der Waals surface area contributed by atoms with Gasteiger partial charge in [-0.15, -0.1) is 0 Å². The summed E-state index contributed by atoms with van der Waals surface area (Å²) in [5.74, 6) is 0. The van der Waals surface area contributed by atoms with Crippen LogP contribution in [-0.2, 0) is 9.47 Å². The fourth-order valence-corrected chi connectivity index (χ4v) is 3.43. The number of amides is 1. The predicted molar refractivity (Wildman–Crippen MR) is 84.0 cm³/mol. The minimum atomic E-state index is -0.411. The Kier molecular flexibility index (Phi) is 4.61. The summed E-state index contributed by atoms with van der Waals surface area (Å²) in [4.78, 5) is 19.1. The molecule has 0 radical (unpaired) electrons. The molecule has 0 aliphatic carbocycles. The Balaban J connectivity index is 1.44. The van der Waals surface area contributed by atoms with Crippen molar-refractivity contribution >= 4 is 6.09 Å². The molecule has 0 spiro atoms. The van der Waals surface area contributed by atoms with Gasteiger partial charge in [0.05, 0.1) is 19.3 Å². The van der Waals surface area contributed by atoms with Crippen LogP contribution in [-0.4, -0.2) is 91.0 Å². The molecule has 3 aliphatic heterocycles. The summed E-state index contributed by atoms with van der Waals surface area (Å²) < 4.78 is 10.8. The average Bonchev–Trinajstić information content (AvgIpc) is 2.85. The number of rotatable bonds is 2. The molecule has 3 fully saturated rings. The molecule has 1 atom stereocenters. The molecule has 0 aromatic rings. The highest BCUT2D eigenvalue weighted by atomic mass is 16.6. The van der Waals surface area contributed by atoms with Crippen LogP contribution in [0.2, 0.25) is 0 Å². The lowest BCUT2D eigenvalue weighted by molar-refractivity contribution is -0.0794. The number of carbonyl (C=O) groups is 1. The van der Waals surface area contributed by atoms with Gasteiger partial charge in [0.1, 0.15) is 5.60 Å². The van der Waals surface area contributed by atoms with Gasteiger partial charge >= 0.3 is 6.09 Å². The van der Waals surface area contributed by atoms with Crippen LogP contribution in [0.4, 0.5) is 4.79 Å². The molecule has 6 nitrogen and oxygen atoms in total. The van der Waals surface area contributed by atoms with E-state index < -0.39 is 5.60 Å². The van der Waals surface area contributed by atoms with E-state index in [9.17, 15) is 4.79 Å². The summed E-state index contributed by atoms with van der Waals surface area (Å²) in [6.45, 7) is 13.6. The number of hydrogen-bond acceptors (Lipinski definition) is 5. The molecule has 0 N–H and O–H groups in total. The van der Waals surface area contributed by atoms with Crippen molar-refractivity contribution in [1.82, 2.24) is 14.7 Å². The van der Waals surface area contributed by atoms with Crippen LogP contribution in [0.25, 0.3) is 0 Å². The third-order valence-electron chi connectivity index (χ3n) is 4.82. The van der Waals surface area contributed by atoms with Crippen LogP contribution in [0, 0.1) is 0 Å². The van der Waals surface area contributed by atoms with E-state index in [2.05, 4.69) is 9.80 Å². The smallest absolute Gasteiger partial charge is 0.410 e. The highest BCUT2D eigenvalue weighted by Crippen LogP contribution is 2.21. The molecule has 3 aliphatic rings. The number of piperazine rings is 1. The van der Waals surface area contributed by atoms with E-state index >= 15 is 0 Å². The van der Waals surface area contributed by atoms with Crippen LogP contribution >= 0.6 is 0 Å². The number of likely N-dealkylation sites (tertiary alicyclic amines) is 1. The van der Waals surface area contributed by atoms with Gasteiger partial charge in [-0.2, -0.15) is 0 Å². The Morgan fingerprint density at radius 2 is 1.59 bits per heavy atom. The zero-order chi connectivity index (χ0) is 15.7. The van der Waals surface area contributed by atoms with E-state index in [1.54, 1.807) is 0 Å². The fourth-order valence-electron chi connectivity index (χ4n) is 3.43. The van der Waals surface area contributed by atoms with E-state index in [4.69, 9.17) is 9.47 Å². The van der Waals surface area contributed by atoms with Gasteiger partial charge in [0.15, 0.2) is 0 Å². The van der Waals surface area contributed by atoms with Gasteiger partial charge in [0.2, 0.25) is 0 Å². The lowest BCUT2D eigenvalue weighted by Crippen LogP contribution is -2.58. The molecule has 126 valence electrons. The lowest BCUT2D eigenvalue weighted by Gasteiger charge is -2.44. The molecule has 0 aromatic carbocycles. The van der Waals surface area contributed by atoms with Crippen LogP contribution < -0.4 is 0 Å². The third-order valence-corrected chi connectivity index (χ3v) is 4.82. The molecule has 22 heavy (non-hydrogen) atoms. The molecule has 0 unspecified atom stereocenters. The summed E-state index contributed by atoms with van der Waals surface area (Å²) >= 11 is 0. The molecule has 3 saturated heterocycles. The molecule has 0 saturated carbocycles. The highest BCUT2D eigenvalue weighted by Gasteiger charge is 2.35. The first-order valence-corrected chi connectivity index (χ1v) is 8.46. The third kappa shape index (κ3) is 3.73. The summed E-state index contributed by atoms with van der Waals surface area (Å²) in [7, 11) is 0. The Morgan fingerprint density at radius 3 is 2.09 bits per heavy atom. The van der Waals surface area contributed by atoms with Crippen molar-refractivity contribution in [3.63, 3.8) is 0 Å². The lowest BCUT2D eigenvalue weighted by atomic mass is 10.1. The fraction of sp³-hybridized carbons (Fsp3) is 0.938. The topological polar surface area (TPSA) is 45.2 Å². The van der Waals surface area contributed by atoms with E-state index in [0.717, 1.165) is 58.9 Å². The largest absolute Gasteiger partial charge is 0.444 e. The number of carbonyl (C=O) groups excluding carboxylic acids is 1. The molecular weight excluding hydrogens is 282 g/mol. The summed E-state index contributed by atoms with van der Waals surface area (Å²) in [6, 6.07) is 1.14. The Morgan fingerprint density at radius 1 is 1.00 bits per heavy atom. The quantitative estimate of drug-likeness (QED) is 0.762. The Hall–Kier alpha value is -0.850. The van der Waals surface area contributed by atoms with E-state index in [0.29, 0.717) is 12.1 Å². The van der Waals surface area contributed by atoms with Gasteiger partial charge in [-0.25, -0.2) is 4.79 Å². The SMILES string of the molecule is CC(C)(C)OC(=O)N1CC[C@@H](N2CCN(C3COC3)CC2)C1. The number of nitrogens with zero attached hydrogens (tertiary/aromatic N) is 3. The van der Waals surface area contributed by atoms with Crippen molar-refractivity contribution in [3.05, 3.63) is 0 Å². The van der Waals surface area contributed by atoms with Gasteiger partial charge in [-0.3, -0.25) is 9.80 Å². The average molecular weight is 311 g/mol. The zero-order valence-electron chi connectivity index (χ0n) is 14.1. The minimum absolute atomic E-state index is 0.166. The second-order valence-electron chi connectivity index (χ2n) is 7.63. The monoisotopic (exact) mass is 311 g/mol. The van der Waals surface area contributed by atoms with Crippen LogP contribution in [0.3, 0.4) is 0 Å². The first-order valence-electron chi connectivity index (χ1n) is 8.46. The minimum Gasteiger partial charge on any atom is -0.444 e. The molecule has 1 amide bonds. The van der Waals surface area contributed by atoms with Gasteiger partial charge in [0.25, 0.3) is 0 Å². The van der Waals surface area contributed by atoms with Crippen LogP contribution in [0.5, 0.6) is 0 Å². The molecule has 3 heterocycles. The first kappa shape index (κ1) is 16.0. The highest BCUT2D eigenvalue weighted by molar-refractivity contribution is 5.68. The van der Waals surface area contributed by atoms with Gasteiger partial charge in [0, 0.05) is 45.3 Å². The normalized spacial score (nSPS) is 28.7. The summed E-state index contributed by atoms with van der Waals surface area (Å²) in [6.07, 6.45) is 0.895. The maximum atomic E-state index is 12.1. The van der Waals surface area contributed by atoms with E-state index in [-0.39, 0.29) is 6.09 Å². The van der Waals surface area contributed by atoms with Gasteiger partial charge in [-0.05, 0) is 27.2 Å². The zero-order valence-corrected chi connectivity index (χ0v) is 14.1. The van der Waals surface area contributed by atoms with Crippen molar-refractivity contribution in [3.8, 4) is 0 Å². The maximum Gasteiger partial charge on any atom is 0.410 e. The van der Waals surface area contributed by atoms with E-state index in [1.807, 2.05) is 25.7 Å². The second-order valence-corrected chi connectivity index (χ2v) is 7.63. The maximum absolute atomic E-state index is 12.1. The van der Waals surface area contributed by atoms with Crippen molar-refractivity contribution in [2.75, 3.05) is 52.5 Å². The van der Waals surface area contributed by atoms with Gasteiger partial charge < -0.3 is 14.4 Å². The van der Waals surface area contributed by atoms with Crippen LogP contribution in [0.15, 0.2) is 0 Å². The van der Waals surface area contributed by atoms with Crippen molar-refractivity contribution in [2.24, 2.45) is 0 Å². The van der Waals surface area contributed by atoms with Crippen molar-refractivity contribution in [1.29, 1.82) is 0 Å². The van der Waals surface area contributed by atoms with Crippen molar-refractivity contribution in [2.45, 2.75) is 44.9 Å². The van der Waals surface area contributed by atoms with Crippen molar-refractivity contribution < 1.29 is 14.3 Å². The Labute approximate surface area is 133 Å². The number of ether oxygens (including phenoxy) is 2. The molecule has 0 bridgehead atoms. The predicted octanol–water partition coefficient (Wildman–Crippen LogP) is 1.01. The first-order chi connectivity index (χ1) is 10.4. The molecule has 0 aromatic heterocycles. The van der Waals surface area contributed by atoms with Gasteiger partial charge in [-0.1, -0.05) is 0 Å². The summed E-state index contributed by atoms with van der Waals surface area (Å²) in [5.41, 5.74) is -0.411. The Bertz CT molecular complexity index is 398. The second kappa shape index (κ2) is 6.34. The summed E-state index contributed by atoms with van der Waals surface area (Å²) in [5, 5.41) is 0. The number of hydrogen-bond donors (Lipinski definition) is 0. The van der Waals surface area contributed by atoms with Crippen LogP contribution in [0.1, 0.15) is 27.2 Å². The van der Waals surface area contributed by atoms with E-state index in [1.165, 1.54) is 0 Å². The molecule has 3 rings (SSSR count). The molecule has 6 heteroatoms. The standard InChI is InChI=1S/C16H29N3O3/c1-16(2,3)22-15(20)19-5-4-13(10-19)17-6-8-18(9-7-17)14-11-21-12-14/h13-14H,4-12H2,1-3H3/t13-/m1/s1. The molecular formula is C16H29N3O3.